The number of carbonyl (C=O) groups is 1. The van der Waals surface area contributed by atoms with Gasteiger partial charge in [0.05, 0.1) is 5.56 Å². The van der Waals surface area contributed by atoms with Gasteiger partial charge in [-0.1, -0.05) is 20.8 Å². The fourth-order valence-corrected chi connectivity index (χ4v) is 1.64. The van der Waals surface area contributed by atoms with Gasteiger partial charge in [-0.05, 0) is 24.3 Å². The van der Waals surface area contributed by atoms with Crippen molar-refractivity contribution in [2.45, 2.75) is 31.9 Å². The minimum absolute atomic E-state index is 0.211. The molecule has 0 aliphatic rings. The van der Waals surface area contributed by atoms with Crippen molar-refractivity contribution in [2.75, 3.05) is 18.1 Å². The maximum atomic E-state index is 11.1. The molecule has 0 bridgehead atoms. The number of nitrogens with zero attached hydrogens (tertiary/aromatic N) is 1. The van der Waals surface area contributed by atoms with E-state index in [1.54, 1.807) is 23.9 Å². The molecule has 1 atom stereocenters. The lowest BCUT2D eigenvalue weighted by atomic mass is 10.1. The predicted octanol–water partition coefficient (Wildman–Crippen LogP) is 3.07. The van der Waals surface area contributed by atoms with Crippen molar-refractivity contribution in [2.24, 2.45) is 0 Å². The standard InChI is InChI=1S/C13H20N2O2S/c1-8(2)11-5-10(13(16)17)6-12(15-11)14-7-9(3)18-4/h5-6,8-9H,7H2,1-4H3,(H,14,15)(H,16,17). The number of pyridine rings is 1. The molecule has 1 aromatic rings. The Balaban J connectivity index is 2.93. The molecule has 0 saturated carbocycles. The summed E-state index contributed by atoms with van der Waals surface area (Å²) in [7, 11) is 0. The van der Waals surface area contributed by atoms with E-state index in [-0.39, 0.29) is 11.5 Å². The van der Waals surface area contributed by atoms with Crippen LogP contribution >= 0.6 is 11.8 Å². The van der Waals surface area contributed by atoms with Gasteiger partial charge in [0, 0.05) is 17.5 Å². The summed E-state index contributed by atoms with van der Waals surface area (Å²) in [4.78, 5) is 15.5. The number of hydrogen-bond donors (Lipinski definition) is 2. The molecule has 1 aromatic heterocycles. The number of rotatable bonds is 6. The SMILES string of the molecule is CSC(C)CNc1cc(C(=O)O)cc(C(C)C)n1. The van der Waals surface area contributed by atoms with Gasteiger partial charge in [0.15, 0.2) is 0 Å². The molecule has 0 radical (unpaired) electrons. The van der Waals surface area contributed by atoms with Crippen LogP contribution in [-0.4, -0.2) is 34.1 Å². The number of aromatic nitrogens is 1. The molecule has 0 aromatic carbocycles. The molecular weight excluding hydrogens is 248 g/mol. The Morgan fingerprint density at radius 3 is 2.61 bits per heavy atom. The normalized spacial score (nSPS) is 12.5. The summed E-state index contributed by atoms with van der Waals surface area (Å²) in [5.74, 6) is -0.0670. The summed E-state index contributed by atoms with van der Waals surface area (Å²) >= 11 is 1.76. The number of thioether (sulfide) groups is 1. The monoisotopic (exact) mass is 268 g/mol. The van der Waals surface area contributed by atoms with Crippen LogP contribution in [0, 0.1) is 0 Å². The summed E-state index contributed by atoms with van der Waals surface area (Å²) in [5.41, 5.74) is 1.09. The molecule has 100 valence electrons. The molecular formula is C13H20N2O2S. The van der Waals surface area contributed by atoms with Gasteiger partial charge in [0.1, 0.15) is 5.82 Å². The van der Waals surface area contributed by atoms with E-state index < -0.39 is 5.97 Å². The van der Waals surface area contributed by atoms with Crippen LogP contribution in [0.1, 0.15) is 42.7 Å². The number of carboxylic acid groups (broad SMARTS) is 1. The second kappa shape index (κ2) is 6.64. The summed E-state index contributed by atoms with van der Waals surface area (Å²) in [6.07, 6.45) is 2.05. The molecule has 1 heterocycles. The third kappa shape index (κ3) is 4.22. The van der Waals surface area contributed by atoms with E-state index in [0.717, 1.165) is 12.2 Å². The highest BCUT2D eigenvalue weighted by Gasteiger charge is 2.11. The molecule has 4 nitrogen and oxygen atoms in total. The van der Waals surface area contributed by atoms with Gasteiger partial charge in [-0.2, -0.15) is 11.8 Å². The molecule has 2 N–H and O–H groups in total. The van der Waals surface area contributed by atoms with Crippen LogP contribution in [0.2, 0.25) is 0 Å². The van der Waals surface area contributed by atoms with E-state index in [1.807, 2.05) is 20.1 Å². The van der Waals surface area contributed by atoms with Crippen molar-refractivity contribution < 1.29 is 9.90 Å². The van der Waals surface area contributed by atoms with E-state index in [4.69, 9.17) is 5.11 Å². The Hall–Kier alpha value is -1.23. The van der Waals surface area contributed by atoms with Crippen molar-refractivity contribution in [3.05, 3.63) is 23.4 Å². The first kappa shape index (κ1) is 14.8. The molecule has 18 heavy (non-hydrogen) atoms. The average molecular weight is 268 g/mol. The number of aromatic carboxylic acids is 1. The summed E-state index contributed by atoms with van der Waals surface area (Å²) in [6.45, 7) is 6.89. The van der Waals surface area contributed by atoms with Crippen LogP contribution in [0.5, 0.6) is 0 Å². The second-order valence-electron chi connectivity index (χ2n) is 4.55. The van der Waals surface area contributed by atoms with Crippen LogP contribution in [0.3, 0.4) is 0 Å². The minimum atomic E-state index is -0.916. The topological polar surface area (TPSA) is 62.2 Å². The number of nitrogens with one attached hydrogen (secondary N) is 1. The zero-order chi connectivity index (χ0) is 13.7. The molecule has 0 aliphatic carbocycles. The Bertz CT molecular complexity index is 421. The molecule has 0 spiro atoms. The molecule has 1 unspecified atom stereocenters. The molecule has 0 saturated heterocycles. The van der Waals surface area contributed by atoms with E-state index in [1.165, 1.54) is 0 Å². The first-order valence-corrected chi connectivity index (χ1v) is 7.24. The summed E-state index contributed by atoms with van der Waals surface area (Å²) < 4.78 is 0. The smallest absolute Gasteiger partial charge is 0.335 e. The van der Waals surface area contributed by atoms with Crippen molar-refractivity contribution in [3.8, 4) is 0 Å². The lowest BCUT2D eigenvalue weighted by molar-refractivity contribution is 0.0696. The maximum Gasteiger partial charge on any atom is 0.335 e. The van der Waals surface area contributed by atoms with Crippen LogP contribution in [-0.2, 0) is 0 Å². The highest BCUT2D eigenvalue weighted by Crippen LogP contribution is 2.18. The second-order valence-corrected chi connectivity index (χ2v) is 5.83. The highest BCUT2D eigenvalue weighted by molar-refractivity contribution is 7.99. The van der Waals surface area contributed by atoms with Crippen LogP contribution < -0.4 is 5.32 Å². The molecule has 1 rings (SSSR count). The summed E-state index contributed by atoms with van der Waals surface area (Å²) in [5, 5.41) is 12.7. The Morgan fingerprint density at radius 1 is 1.44 bits per heavy atom. The van der Waals surface area contributed by atoms with Crippen molar-refractivity contribution in [1.29, 1.82) is 0 Å². The van der Waals surface area contributed by atoms with Crippen molar-refractivity contribution in [1.82, 2.24) is 4.98 Å². The number of anilines is 1. The third-order valence-electron chi connectivity index (χ3n) is 2.66. The van der Waals surface area contributed by atoms with E-state index in [2.05, 4.69) is 17.2 Å². The maximum absolute atomic E-state index is 11.1. The first-order valence-electron chi connectivity index (χ1n) is 5.96. The zero-order valence-electron chi connectivity index (χ0n) is 11.2. The Labute approximate surface area is 112 Å². The average Bonchev–Trinajstić information content (AvgIpc) is 2.35. The molecule has 0 amide bonds. The largest absolute Gasteiger partial charge is 0.478 e. The van der Waals surface area contributed by atoms with Crippen LogP contribution in [0.15, 0.2) is 12.1 Å². The van der Waals surface area contributed by atoms with Gasteiger partial charge in [-0.15, -0.1) is 0 Å². The van der Waals surface area contributed by atoms with Crippen molar-refractivity contribution >= 4 is 23.5 Å². The Morgan fingerprint density at radius 2 is 2.11 bits per heavy atom. The van der Waals surface area contributed by atoms with Gasteiger partial charge in [0.2, 0.25) is 0 Å². The summed E-state index contributed by atoms with van der Waals surface area (Å²) in [6, 6.07) is 3.22. The van der Waals surface area contributed by atoms with E-state index in [9.17, 15) is 4.79 Å². The lowest BCUT2D eigenvalue weighted by Crippen LogP contribution is -2.15. The Kier molecular flexibility index (Phi) is 5.47. The van der Waals surface area contributed by atoms with Gasteiger partial charge in [0.25, 0.3) is 0 Å². The van der Waals surface area contributed by atoms with Gasteiger partial charge >= 0.3 is 5.97 Å². The lowest BCUT2D eigenvalue weighted by Gasteiger charge is -2.13. The molecule has 0 aliphatic heterocycles. The highest BCUT2D eigenvalue weighted by atomic mass is 32.2. The van der Waals surface area contributed by atoms with Gasteiger partial charge < -0.3 is 10.4 Å². The minimum Gasteiger partial charge on any atom is -0.478 e. The van der Waals surface area contributed by atoms with E-state index >= 15 is 0 Å². The van der Waals surface area contributed by atoms with E-state index in [0.29, 0.717) is 11.1 Å². The third-order valence-corrected chi connectivity index (χ3v) is 3.63. The quantitative estimate of drug-likeness (QED) is 0.830. The fourth-order valence-electron chi connectivity index (χ4n) is 1.39. The van der Waals surface area contributed by atoms with Crippen LogP contribution in [0.25, 0.3) is 0 Å². The fraction of sp³-hybridized carbons (Fsp3) is 0.538. The van der Waals surface area contributed by atoms with Gasteiger partial charge in [-0.25, -0.2) is 9.78 Å². The zero-order valence-corrected chi connectivity index (χ0v) is 12.0. The molecule has 0 fully saturated rings. The van der Waals surface area contributed by atoms with Crippen molar-refractivity contribution in [3.63, 3.8) is 0 Å². The van der Waals surface area contributed by atoms with Crippen LogP contribution in [0.4, 0.5) is 5.82 Å². The number of hydrogen-bond acceptors (Lipinski definition) is 4. The molecule has 5 heteroatoms. The number of carboxylic acids is 1. The first-order chi connectivity index (χ1) is 8.43. The van der Waals surface area contributed by atoms with Gasteiger partial charge in [-0.3, -0.25) is 0 Å². The predicted molar refractivity (Wildman–Crippen MR) is 76.8 cm³/mol.